The third-order valence-corrected chi connectivity index (χ3v) is 4.80. The molecule has 25 heavy (non-hydrogen) atoms. The molecule has 1 unspecified atom stereocenters. The Morgan fingerprint density at radius 2 is 1.88 bits per heavy atom. The third-order valence-electron chi connectivity index (χ3n) is 3.90. The fourth-order valence-corrected chi connectivity index (χ4v) is 3.16. The van der Waals surface area contributed by atoms with Crippen LogP contribution in [0.5, 0.6) is 0 Å². The van der Waals surface area contributed by atoms with E-state index in [1.165, 1.54) is 4.90 Å². The van der Waals surface area contributed by atoms with Crippen molar-refractivity contribution in [2.45, 2.75) is 37.8 Å². The zero-order valence-corrected chi connectivity index (χ0v) is 15.5. The number of hydrogen-bond acceptors (Lipinski definition) is 4. The molecular weight excluding hydrogens is 334 g/mol. The van der Waals surface area contributed by atoms with Crippen molar-refractivity contribution < 1.29 is 9.90 Å². The lowest BCUT2D eigenvalue weighted by Crippen LogP contribution is -2.44. The summed E-state index contributed by atoms with van der Waals surface area (Å²) in [4.78, 5) is 19.6. The lowest BCUT2D eigenvalue weighted by atomic mass is 10.1. The first kappa shape index (κ1) is 19.3. The van der Waals surface area contributed by atoms with E-state index >= 15 is 0 Å². The van der Waals surface area contributed by atoms with Crippen molar-refractivity contribution in [1.82, 2.24) is 9.88 Å². The van der Waals surface area contributed by atoms with E-state index in [-0.39, 0.29) is 18.7 Å². The molecule has 134 valence electrons. The number of hydrogen-bond donors (Lipinski definition) is 2. The van der Waals surface area contributed by atoms with E-state index in [0.717, 1.165) is 17.0 Å². The van der Waals surface area contributed by atoms with Gasteiger partial charge in [0.05, 0.1) is 12.6 Å². The summed E-state index contributed by atoms with van der Waals surface area (Å²) in [6.45, 7) is 4.43. The number of nitrogens with one attached hydrogen (secondary N) is 1. The van der Waals surface area contributed by atoms with E-state index < -0.39 is 0 Å². The van der Waals surface area contributed by atoms with Crippen LogP contribution in [0, 0.1) is 0 Å². The quantitative estimate of drug-likeness (QED) is 0.699. The molecule has 1 heterocycles. The van der Waals surface area contributed by atoms with Gasteiger partial charge in [0.15, 0.2) is 0 Å². The fourth-order valence-electron chi connectivity index (χ4n) is 2.50. The third kappa shape index (κ3) is 5.76. The molecule has 0 spiro atoms. The monoisotopic (exact) mass is 359 g/mol. The lowest BCUT2D eigenvalue weighted by molar-refractivity contribution is 0.134. The van der Waals surface area contributed by atoms with Crippen LogP contribution in [0.3, 0.4) is 0 Å². The van der Waals surface area contributed by atoms with Crippen LogP contribution in [0.4, 0.5) is 10.5 Å². The van der Waals surface area contributed by atoms with Crippen LogP contribution in [-0.2, 0) is 6.54 Å². The predicted octanol–water partition coefficient (Wildman–Crippen LogP) is 4.00. The van der Waals surface area contributed by atoms with Crippen molar-refractivity contribution in [2.24, 2.45) is 0 Å². The van der Waals surface area contributed by atoms with E-state index in [0.29, 0.717) is 13.0 Å². The van der Waals surface area contributed by atoms with Gasteiger partial charge in [-0.3, -0.25) is 4.98 Å². The zero-order valence-electron chi connectivity index (χ0n) is 14.7. The Morgan fingerprint density at radius 3 is 2.44 bits per heavy atom. The molecule has 0 saturated carbocycles. The molecule has 2 N–H and O–H groups in total. The second-order valence-corrected chi connectivity index (χ2v) is 6.95. The van der Waals surface area contributed by atoms with Gasteiger partial charge in [-0.15, -0.1) is 11.8 Å². The van der Waals surface area contributed by atoms with Crippen LogP contribution < -0.4 is 5.32 Å². The molecule has 1 aromatic heterocycles. The van der Waals surface area contributed by atoms with Gasteiger partial charge in [-0.25, -0.2) is 4.79 Å². The number of thioether (sulfide) groups is 1. The number of amides is 2. The summed E-state index contributed by atoms with van der Waals surface area (Å²) in [7, 11) is 0. The Morgan fingerprint density at radius 1 is 1.20 bits per heavy atom. The minimum Gasteiger partial charge on any atom is -0.394 e. The maximum atomic E-state index is 12.8. The second kappa shape index (κ2) is 10.1. The average molecular weight is 359 g/mol. The topological polar surface area (TPSA) is 65.5 Å². The summed E-state index contributed by atoms with van der Waals surface area (Å²) in [5.41, 5.74) is 1.73. The molecule has 5 nitrogen and oxygen atoms in total. The van der Waals surface area contributed by atoms with E-state index in [1.54, 1.807) is 29.1 Å². The van der Waals surface area contributed by atoms with Gasteiger partial charge in [0, 0.05) is 29.5 Å². The van der Waals surface area contributed by atoms with Gasteiger partial charge in [-0.1, -0.05) is 13.8 Å². The molecule has 6 heteroatoms. The van der Waals surface area contributed by atoms with Crippen molar-refractivity contribution in [3.8, 4) is 0 Å². The van der Waals surface area contributed by atoms with E-state index in [9.17, 15) is 9.90 Å². The molecule has 0 fully saturated rings. The first-order chi connectivity index (χ1) is 12.2. The highest BCUT2D eigenvalue weighted by atomic mass is 32.2. The van der Waals surface area contributed by atoms with Gasteiger partial charge >= 0.3 is 6.03 Å². The van der Waals surface area contributed by atoms with Crippen LogP contribution in [0.25, 0.3) is 0 Å². The van der Waals surface area contributed by atoms with Crippen LogP contribution in [0.15, 0.2) is 53.7 Å². The smallest absolute Gasteiger partial charge is 0.322 e. The summed E-state index contributed by atoms with van der Waals surface area (Å²) < 4.78 is 0. The summed E-state index contributed by atoms with van der Waals surface area (Å²) in [5, 5.41) is 12.6. The average Bonchev–Trinajstić information content (AvgIpc) is 2.64. The maximum Gasteiger partial charge on any atom is 0.322 e. The number of nitrogens with zero attached hydrogens (tertiary/aromatic N) is 2. The Hall–Kier alpha value is -2.05. The Bertz CT molecular complexity index is 645. The van der Waals surface area contributed by atoms with E-state index in [2.05, 4.69) is 17.2 Å². The summed E-state index contributed by atoms with van der Waals surface area (Å²) in [5.74, 6) is 1.01. The molecule has 0 aliphatic heterocycles. The minimum atomic E-state index is -0.233. The molecule has 2 aromatic rings. The maximum absolute atomic E-state index is 12.8. The highest BCUT2D eigenvalue weighted by Gasteiger charge is 2.22. The molecule has 0 bridgehead atoms. The fraction of sp³-hybridized carbons (Fsp3) is 0.368. The molecule has 0 radical (unpaired) electrons. The lowest BCUT2D eigenvalue weighted by Gasteiger charge is -2.30. The largest absolute Gasteiger partial charge is 0.394 e. The summed E-state index contributed by atoms with van der Waals surface area (Å²) >= 11 is 1.76. The number of anilines is 1. The molecule has 0 saturated heterocycles. The number of carbonyl (C=O) groups is 1. The van der Waals surface area contributed by atoms with Crippen LogP contribution in [-0.4, -0.2) is 39.4 Å². The summed E-state index contributed by atoms with van der Waals surface area (Å²) in [6.07, 6.45) is 4.09. The van der Waals surface area contributed by atoms with Crippen molar-refractivity contribution in [1.29, 1.82) is 0 Å². The Kier molecular flexibility index (Phi) is 7.76. The molecule has 2 amide bonds. The molecule has 0 aliphatic rings. The SMILES string of the molecule is CCSc1ccc(NC(=O)N(Cc2ccncc2)C(CC)CO)cc1. The summed E-state index contributed by atoms with van der Waals surface area (Å²) in [6, 6.07) is 11.1. The standard InChI is InChI=1S/C19H25N3O2S/c1-3-17(14-23)22(13-15-9-11-20-12-10-15)19(24)21-16-5-7-18(8-6-16)25-4-2/h5-12,17,23H,3-4,13-14H2,1-2H3,(H,21,24). The number of pyridine rings is 1. The molecule has 1 atom stereocenters. The number of benzene rings is 1. The first-order valence-corrected chi connectivity index (χ1v) is 9.46. The van der Waals surface area contributed by atoms with E-state index in [4.69, 9.17) is 0 Å². The first-order valence-electron chi connectivity index (χ1n) is 8.48. The number of aromatic nitrogens is 1. The van der Waals surface area contributed by atoms with Gasteiger partial charge in [-0.2, -0.15) is 0 Å². The van der Waals surface area contributed by atoms with Crippen LogP contribution >= 0.6 is 11.8 Å². The normalized spacial score (nSPS) is 11.8. The van der Waals surface area contributed by atoms with Crippen molar-refractivity contribution in [3.05, 3.63) is 54.4 Å². The number of rotatable bonds is 8. The number of urea groups is 1. The Balaban J connectivity index is 2.11. The molecule has 1 aromatic carbocycles. The number of carbonyl (C=O) groups excluding carboxylic acids is 1. The molecule has 2 rings (SSSR count). The van der Waals surface area contributed by atoms with Crippen molar-refractivity contribution in [2.75, 3.05) is 17.7 Å². The van der Waals surface area contributed by atoms with Gasteiger partial charge in [-0.05, 0) is 54.1 Å². The van der Waals surface area contributed by atoms with Gasteiger partial charge in [0.25, 0.3) is 0 Å². The van der Waals surface area contributed by atoms with Crippen LogP contribution in [0.2, 0.25) is 0 Å². The zero-order chi connectivity index (χ0) is 18.1. The van der Waals surface area contributed by atoms with Crippen molar-refractivity contribution >= 4 is 23.5 Å². The highest BCUT2D eigenvalue weighted by Crippen LogP contribution is 2.20. The van der Waals surface area contributed by atoms with Gasteiger partial charge in [0.1, 0.15) is 0 Å². The number of aliphatic hydroxyl groups is 1. The van der Waals surface area contributed by atoms with Gasteiger partial charge in [0.2, 0.25) is 0 Å². The molecular formula is C19H25N3O2S. The number of aliphatic hydroxyl groups excluding tert-OH is 1. The van der Waals surface area contributed by atoms with Crippen molar-refractivity contribution in [3.63, 3.8) is 0 Å². The van der Waals surface area contributed by atoms with Gasteiger partial charge < -0.3 is 15.3 Å². The highest BCUT2D eigenvalue weighted by molar-refractivity contribution is 7.99. The minimum absolute atomic E-state index is 0.0684. The second-order valence-electron chi connectivity index (χ2n) is 5.62. The molecule has 0 aliphatic carbocycles. The predicted molar refractivity (Wildman–Crippen MR) is 103 cm³/mol. The Labute approximate surface area is 153 Å². The van der Waals surface area contributed by atoms with Crippen LogP contribution in [0.1, 0.15) is 25.8 Å². The van der Waals surface area contributed by atoms with E-state index in [1.807, 2.05) is 43.3 Å².